The molecule has 0 aliphatic carbocycles. The van der Waals surface area contributed by atoms with Gasteiger partial charge in [-0.1, -0.05) is 54.6 Å². The van der Waals surface area contributed by atoms with Crippen LogP contribution in [-0.4, -0.2) is 26.4 Å². The van der Waals surface area contributed by atoms with E-state index in [1.54, 1.807) is 0 Å². The third-order valence-electron chi connectivity index (χ3n) is 5.87. The number of carbonyl (C=O) groups excluding carboxylic acids is 1. The van der Waals surface area contributed by atoms with Gasteiger partial charge >= 0.3 is 0 Å². The Morgan fingerprint density at radius 1 is 1.00 bits per heavy atom. The number of aromatic nitrogens is 2. The lowest BCUT2D eigenvalue weighted by Crippen LogP contribution is -2.38. The fourth-order valence-corrected chi connectivity index (χ4v) is 3.98. The zero-order chi connectivity index (χ0) is 23.4. The van der Waals surface area contributed by atoms with Crippen LogP contribution in [0.2, 0.25) is 0 Å². The molecule has 5 heteroatoms. The highest BCUT2D eigenvalue weighted by Gasteiger charge is 2.21. The highest BCUT2D eigenvalue weighted by Crippen LogP contribution is 2.23. The molecule has 1 heterocycles. The van der Waals surface area contributed by atoms with Gasteiger partial charge in [-0.05, 0) is 62.6 Å². The van der Waals surface area contributed by atoms with Crippen molar-refractivity contribution < 1.29 is 9.53 Å². The Kier molecular flexibility index (Phi) is 6.78. The molecule has 0 aliphatic rings. The molecule has 5 nitrogen and oxygen atoms in total. The highest BCUT2D eigenvalue weighted by molar-refractivity contribution is 5.81. The van der Waals surface area contributed by atoms with E-state index in [2.05, 4.69) is 38.1 Å². The zero-order valence-corrected chi connectivity index (χ0v) is 19.8. The SMILES string of the molecule is Cc1ccc(C)c(OCc2nc3ccccc3n2CC(=O)N(Cc2ccccc2)C(C)C)c1. The predicted octanol–water partition coefficient (Wildman–Crippen LogP) is 5.67. The number of para-hydroxylation sites is 2. The molecule has 170 valence electrons. The van der Waals surface area contributed by atoms with Crippen molar-refractivity contribution in [3.63, 3.8) is 0 Å². The Morgan fingerprint density at radius 3 is 2.48 bits per heavy atom. The third-order valence-corrected chi connectivity index (χ3v) is 5.87. The standard InChI is InChI=1S/C28H31N3O2/c1-20(2)30(17-23-10-6-5-7-11-23)28(32)18-31-25-13-9-8-12-24(25)29-27(31)19-33-26-16-21(3)14-15-22(26)4/h5-16,20H,17-19H2,1-4H3. The predicted molar refractivity (Wildman–Crippen MR) is 132 cm³/mol. The molecule has 0 N–H and O–H groups in total. The van der Waals surface area contributed by atoms with Crippen molar-refractivity contribution in [2.45, 2.75) is 53.4 Å². The number of carbonyl (C=O) groups is 1. The fourth-order valence-electron chi connectivity index (χ4n) is 3.98. The molecular weight excluding hydrogens is 410 g/mol. The van der Waals surface area contributed by atoms with Crippen molar-refractivity contribution in [2.75, 3.05) is 0 Å². The van der Waals surface area contributed by atoms with E-state index in [4.69, 9.17) is 9.72 Å². The molecular formula is C28H31N3O2. The summed E-state index contributed by atoms with van der Waals surface area (Å²) in [5.74, 6) is 1.65. The number of rotatable bonds is 8. The summed E-state index contributed by atoms with van der Waals surface area (Å²) >= 11 is 0. The summed E-state index contributed by atoms with van der Waals surface area (Å²) in [6.07, 6.45) is 0. The molecule has 0 aliphatic heterocycles. The van der Waals surface area contributed by atoms with Gasteiger partial charge in [0.1, 0.15) is 24.7 Å². The average Bonchev–Trinajstić information content (AvgIpc) is 3.15. The van der Waals surface area contributed by atoms with Crippen molar-refractivity contribution in [1.29, 1.82) is 0 Å². The van der Waals surface area contributed by atoms with Gasteiger partial charge < -0.3 is 14.2 Å². The van der Waals surface area contributed by atoms with Crippen molar-refractivity contribution >= 4 is 16.9 Å². The monoisotopic (exact) mass is 441 g/mol. The van der Waals surface area contributed by atoms with Crippen LogP contribution in [0.1, 0.15) is 36.4 Å². The van der Waals surface area contributed by atoms with Crippen LogP contribution in [-0.2, 0) is 24.5 Å². The Bertz CT molecular complexity index is 1240. The molecule has 0 saturated heterocycles. The van der Waals surface area contributed by atoms with E-state index < -0.39 is 0 Å². The first-order valence-corrected chi connectivity index (χ1v) is 11.4. The number of aryl methyl sites for hydroxylation is 2. The normalized spacial score (nSPS) is 11.2. The Labute approximate surface area is 195 Å². The summed E-state index contributed by atoms with van der Waals surface area (Å²) in [6.45, 7) is 9.29. The quantitative estimate of drug-likeness (QED) is 0.354. The molecule has 1 aromatic heterocycles. The number of hydrogen-bond acceptors (Lipinski definition) is 3. The number of ether oxygens (including phenoxy) is 1. The molecule has 0 atom stereocenters. The van der Waals surface area contributed by atoms with Gasteiger partial charge in [0.05, 0.1) is 11.0 Å². The third kappa shape index (κ3) is 5.25. The summed E-state index contributed by atoms with van der Waals surface area (Å²) in [6, 6.07) is 24.3. The van der Waals surface area contributed by atoms with Crippen molar-refractivity contribution in [3.05, 3.63) is 95.3 Å². The van der Waals surface area contributed by atoms with Crippen LogP contribution in [0, 0.1) is 13.8 Å². The molecule has 1 amide bonds. The minimum Gasteiger partial charge on any atom is -0.485 e. The molecule has 4 rings (SSSR count). The van der Waals surface area contributed by atoms with Gasteiger partial charge in [-0.3, -0.25) is 4.79 Å². The molecule has 0 unspecified atom stereocenters. The number of fused-ring (bicyclic) bond motifs is 1. The topological polar surface area (TPSA) is 47.4 Å². The van der Waals surface area contributed by atoms with Crippen LogP contribution in [0.3, 0.4) is 0 Å². The zero-order valence-electron chi connectivity index (χ0n) is 19.8. The minimum absolute atomic E-state index is 0.0602. The largest absolute Gasteiger partial charge is 0.485 e. The maximum Gasteiger partial charge on any atom is 0.243 e. The van der Waals surface area contributed by atoms with Gasteiger partial charge in [0.15, 0.2) is 0 Å². The van der Waals surface area contributed by atoms with Gasteiger partial charge in [-0.2, -0.15) is 0 Å². The summed E-state index contributed by atoms with van der Waals surface area (Å²) in [5, 5.41) is 0. The van der Waals surface area contributed by atoms with Gasteiger partial charge in [0.2, 0.25) is 5.91 Å². The van der Waals surface area contributed by atoms with Crippen LogP contribution in [0.4, 0.5) is 0 Å². The number of hydrogen-bond donors (Lipinski definition) is 0. The lowest BCUT2D eigenvalue weighted by Gasteiger charge is -2.27. The van der Waals surface area contributed by atoms with E-state index in [0.717, 1.165) is 39.3 Å². The second kappa shape index (κ2) is 9.90. The molecule has 0 radical (unpaired) electrons. The van der Waals surface area contributed by atoms with Crippen molar-refractivity contribution in [2.24, 2.45) is 0 Å². The Hall–Kier alpha value is -3.60. The smallest absolute Gasteiger partial charge is 0.243 e. The Morgan fingerprint density at radius 2 is 1.73 bits per heavy atom. The summed E-state index contributed by atoms with van der Waals surface area (Å²) in [4.78, 5) is 20.2. The summed E-state index contributed by atoms with van der Waals surface area (Å²) in [5.41, 5.74) is 5.15. The maximum atomic E-state index is 13.5. The van der Waals surface area contributed by atoms with Crippen LogP contribution in [0.5, 0.6) is 5.75 Å². The van der Waals surface area contributed by atoms with E-state index in [0.29, 0.717) is 13.2 Å². The van der Waals surface area contributed by atoms with E-state index in [9.17, 15) is 4.79 Å². The first-order valence-electron chi connectivity index (χ1n) is 11.4. The lowest BCUT2D eigenvalue weighted by atomic mass is 10.1. The van der Waals surface area contributed by atoms with Crippen LogP contribution < -0.4 is 4.74 Å². The van der Waals surface area contributed by atoms with E-state index in [-0.39, 0.29) is 18.5 Å². The van der Waals surface area contributed by atoms with E-state index >= 15 is 0 Å². The van der Waals surface area contributed by atoms with Crippen molar-refractivity contribution in [3.8, 4) is 5.75 Å². The van der Waals surface area contributed by atoms with Crippen LogP contribution in [0.15, 0.2) is 72.8 Å². The lowest BCUT2D eigenvalue weighted by molar-refractivity contribution is -0.134. The van der Waals surface area contributed by atoms with Gasteiger partial charge in [-0.15, -0.1) is 0 Å². The fraction of sp³-hybridized carbons (Fsp3) is 0.286. The first kappa shape index (κ1) is 22.6. The molecule has 3 aromatic carbocycles. The minimum atomic E-state index is 0.0602. The molecule has 0 bridgehead atoms. The number of benzene rings is 3. The number of imidazole rings is 1. The molecule has 0 spiro atoms. The Balaban J connectivity index is 1.60. The first-order chi connectivity index (χ1) is 15.9. The molecule has 4 aromatic rings. The number of amides is 1. The number of nitrogens with zero attached hydrogens (tertiary/aromatic N) is 3. The summed E-state index contributed by atoms with van der Waals surface area (Å²) < 4.78 is 8.14. The average molecular weight is 442 g/mol. The van der Waals surface area contributed by atoms with E-state index in [1.807, 2.05) is 71.8 Å². The van der Waals surface area contributed by atoms with Gasteiger partial charge in [0.25, 0.3) is 0 Å². The molecule has 0 fully saturated rings. The second-order valence-electron chi connectivity index (χ2n) is 8.76. The van der Waals surface area contributed by atoms with Gasteiger partial charge in [-0.25, -0.2) is 4.98 Å². The van der Waals surface area contributed by atoms with E-state index in [1.165, 1.54) is 0 Å². The van der Waals surface area contributed by atoms with Crippen LogP contribution in [0.25, 0.3) is 11.0 Å². The maximum absolute atomic E-state index is 13.5. The van der Waals surface area contributed by atoms with Gasteiger partial charge in [0, 0.05) is 12.6 Å². The summed E-state index contributed by atoms with van der Waals surface area (Å²) in [7, 11) is 0. The van der Waals surface area contributed by atoms with Crippen molar-refractivity contribution in [1.82, 2.24) is 14.5 Å². The molecule has 33 heavy (non-hydrogen) atoms. The highest BCUT2D eigenvalue weighted by atomic mass is 16.5. The molecule has 0 saturated carbocycles. The van der Waals surface area contributed by atoms with Crippen LogP contribution >= 0.6 is 0 Å². The second-order valence-corrected chi connectivity index (χ2v) is 8.76.